The van der Waals surface area contributed by atoms with Crippen LogP contribution in [-0.4, -0.2) is 4.98 Å². The number of halogens is 2. The van der Waals surface area contributed by atoms with E-state index in [9.17, 15) is 0 Å². The Bertz CT molecular complexity index is 407. The molecular weight excluding hydrogens is 205 g/mol. The average Bonchev–Trinajstić information content (AvgIpc) is 2.61. The molecule has 1 aromatic heterocycles. The van der Waals surface area contributed by atoms with E-state index in [-0.39, 0.29) is 0 Å². The molecule has 0 saturated carbocycles. The van der Waals surface area contributed by atoms with Crippen molar-refractivity contribution in [3.8, 4) is 11.1 Å². The molecule has 65 valence electrons. The van der Waals surface area contributed by atoms with Gasteiger partial charge in [0.25, 0.3) is 0 Å². The van der Waals surface area contributed by atoms with Crippen molar-refractivity contribution in [3.05, 3.63) is 46.7 Å². The Hall–Kier alpha value is -0.920. The van der Waals surface area contributed by atoms with E-state index in [2.05, 4.69) is 11.2 Å². The van der Waals surface area contributed by atoms with Gasteiger partial charge in [-0.25, -0.2) is 0 Å². The Balaban J connectivity index is 2.57. The molecule has 1 radical (unpaired) electrons. The number of H-pyrrole nitrogens is 1. The van der Waals surface area contributed by atoms with Crippen molar-refractivity contribution in [2.45, 2.75) is 0 Å². The predicted octanol–water partition coefficient (Wildman–Crippen LogP) is 3.79. The topological polar surface area (TPSA) is 15.8 Å². The SMILES string of the molecule is Clc1ccc(Cl)c(-c2[c][nH]cc2)c1. The zero-order valence-electron chi connectivity index (χ0n) is 6.64. The minimum Gasteiger partial charge on any atom is -0.359 e. The fourth-order valence-corrected chi connectivity index (χ4v) is 1.54. The molecule has 1 aromatic carbocycles. The largest absolute Gasteiger partial charge is 0.359 e. The maximum Gasteiger partial charge on any atom is 0.0706 e. The zero-order chi connectivity index (χ0) is 9.26. The van der Waals surface area contributed by atoms with Gasteiger partial charge in [0.05, 0.1) is 6.20 Å². The molecule has 13 heavy (non-hydrogen) atoms. The van der Waals surface area contributed by atoms with E-state index in [1.165, 1.54) is 0 Å². The number of rotatable bonds is 1. The summed E-state index contributed by atoms with van der Waals surface area (Å²) in [6.07, 6.45) is 4.75. The Labute approximate surface area is 86.3 Å². The second-order valence-electron chi connectivity index (χ2n) is 2.64. The summed E-state index contributed by atoms with van der Waals surface area (Å²) in [5, 5.41) is 1.36. The molecule has 0 aliphatic carbocycles. The van der Waals surface area contributed by atoms with E-state index in [4.69, 9.17) is 23.2 Å². The van der Waals surface area contributed by atoms with Crippen LogP contribution in [0.3, 0.4) is 0 Å². The van der Waals surface area contributed by atoms with Gasteiger partial charge in [0.15, 0.2) is 0 Å². The van der Waals surface area contributed by atoms with Gasteiger partial charge in [-0.3, -0.25) is 0 Å². The first-order valence-electron chi connectivity index (χ1n) is 3.78. The molecule has 1 nitrogen and oxygen atoms in total. The van der Waals surface area contributed by atoms with Crippen LogP contribution < -0.4 is 0 Å². The quantitative estimate of drug-likeness (QED) is 0.738. The Morgan fingerprint density at radius 1 is 1.15 bits per heavy atom. The van der Waals surface area contributed by atoms with Crippen molar-refractivity contribution in [2.24, 2.45) is 0 Å². The number of aromatic nitrogens is 1. The van der Waals surface area contributed by atoms with E-state index in [1.54, 1.807) is 18.3 Å². The molecule has 0 aliphatic heterocycles. The minimum atomic E-state index is 0.675. The van der Waals surface area contributed by atoms with E-state index >= 15 is 0 Å². The van der Waals surface area contributed by atoms with Gasteiger partial charge in [-0.1, -0.05) is 23.2 Å². The van der Waals surface area contributed by atoms with Crippen LogP contribution >= 0.6 is 23.2 Å². The standard InChI is InChI=1S/C10H6Cl2N/c11-8-1-2-10(12)9(5-8)7-3-4-13-6-7/h1-5,13H. The molecule has 0 bridgehead atoms. The van der Waals surface area contributed by atoms with Crippen LogP contribution in [0.2, 0.25) is 10.0 Å². The van der Waals surface area contributed by atoms with Crippen LogP contribution in [0.4, 0.5) is 0 Å². The Morgan fingerprint density at radius 2 is 2.00 bits per heavy atom. The Kier molecular flexibility index (Phi) is 2.30. The van der Waals surface area contributed by atoms with E-state index in [0.717, 1.165) is 11.1 Å². The first kappa shape index (κ1) is 8.67. The predicted molar refractivity (Wildman–Crippen MR) is 55.1 cm³/mol. The van der Waals surface area contributed by atoms with Gasteiger partial charge in [-0.15, -0.1) is 0 Å². The second-order valence-corrected chi connectivity index (χ2v) is 3.48. The highest BCUT2D eigenvalue weighted by Gasteiger charge is 2.04. The number of hydrogen-bond acceptors (Lipinski definition) is 0. The lowest BCUT2D eigenvalue weighted by Crippen LogP contribution is -1.76. The molecule has 0 fully saturated rings. The summed E-state index contributed by atoms with van der Waals surface area (Å²) in [6, 6.07) is 7.27. The number of nitrogens with one attached hydrogen (secondary N) is 1. The van der Waals surface area contributed by atoms with Gasteiger partial charge in [0.2, 0.25) is 0 Å². The van der Waals surface area contributed by atoms with Gasteiger partial charge in [0, 0.05) is 27.4 Å². The molecule has 0 saturated heterocycles. The smallest absolute Gasteiger partial charge is 0.0706 e. The third-order valence-electron chi connectivity index (χ3n) is 1.76. The molecule has 3 heteroatoms. The van der Waals surface area contributed by atoms with Crippen LogP contribution in [0.15, 0.2) is 30.5 Å². The van der Waals surface area contributed by atoms with Gasteiger partial charge < -0.3 is 4.98 Å². The van der Waals surface area contributed by atoms with Gasteiger partial charge in [-0.2, -0.15) is 0 Å². The first-order chi connectivity index (χ1) is 6.27. The van der Waals surface area contributed by atoms with Crippen LogP contribution in [0.25, 0.3) is 11.1 Å². The maximum atomic E-state index is 6.00. The third kappa shape index (κ3) is 1.71. The number of aromatic amines is 1. The first-order valence-corrected chi connectivity index (χ1v) is 4.53. The van der Waals surface area contributed by atoms with Crippen LogP contribution in [-0.2, 0) is 0 Å². The molecule has 0 aliphatic rings. The van der Waals surface area contributed by atoms with Crippen molar-refractivity contribution in [2.75, 3.05) is 0 Å². The summed E-state index contributed by atoms with van der Waals surface area (Å²) < 4.78 is 0. The van der Waals surface area contributed by atoms with Crippen molar-refractivity contribution in [1.82, 2.24) is 4.98 Å². The number of hydrogen-bond donors (Lipinski definition) is 1. The summed E-state index contributed by atoms with van der Waals surface area (Å²) in [4.78, 5) is 2.85. The monoisotopic (exact) mass is 210 g/mol. The van der Waals surface area contributed by atoms with E-state index < -0.39 is 0 Å². The summed E-state index contributed by atoms with van der Waals surface area (Å²) >= 11 is 11.8. The highest BCUT2D eigenvalue weighted by Crippen LogP contribution is 2.29. The average molecular weight is 211 g/mol. The lowest BCUT2D eigenvalue weighted by atomic mass is 10.1. The zero-order valence-corrected chi connectivity index (χ0v) is 8.15. The van der Waals surface area contributed by atoms with Gasteiger partial charge in [0.1, 0.15) is 0 Å². The highest BCUT2D eigenvalue weighted by atomic mass is 35.5. The molecule has 0 spiro atoms. The number of benzene rings is 1. The maximum absolute atomic E-state index is 6.00. The summed E-state index contributed by atoms with van der Waals surface area (Å²) in [7, 11) is 0. The molecule has 0 amide bonds. The second kappa shape index (κ2) is 3.44. The fraction of sp³-hybridized carbons (Fsp3) is 0. The third-order valence-corrected chi connectivity index (χ3v) is 2.32. The fourth-order valence-electron chi connectivity index (χ4n) is 1.15. The van der Waals surface area contributed by atoms with Crippen molar-refractivity contribution in [1.29, 1.82) is 0 Å². The normalized spacial score (nSPS) is 10.3. The highest BCUT2D eigenvalue weighted by molar-refractivity contribution is 6.35. The molecule has 0 unspecified atom stereocenters. The molecule has 0 atom stereocenters. The lowest BCUT2D eigenvalue weighted by molar-refractivity contribution is 1.40. The molecule has 2 rings (SSSR count). The van der Waals surface area contributed by atoms with Crippen molar-refractivity contribution < 1.29 is 0 Å². The molecular formula is C10H6Cl2N. The van der Waals surface area contributed by atoms with E-state index in [0.29, 0.717) is 10.0 Å². The van der Waals surface area contributed by atoms with Gasteiger partial charge in [-0.05, 0) is 24.3 Å². The molecule has 2 aromatic rings. The summed E-state index contributed by atoms with van der Waals surface area (Å²) in [5.41, 5.74) is 1.82. The summed E-state index contributed by atoms with van der Waals surface area (Å²) in [5.74, 6) is 0. The van der Waals surface area contributed by atoms with Crippen LogP contribution in [0.1, 0.15) is 0 Å². The van der Waals surface area contributed by atoms with Crippen molar-refractivity contribution in [3.63, 3.8) is 0 Å². The van der Waals surface area contributed by atoms with Crippen LogP contribution in [0.5, 0.6) is 0 Å². The van der Waals surface area contributed by atoms with E-state index in [1.807, 2.05) is 12.1 Å². The minimum absolute atomic E-state index is 0.675. The Morgan fingerprint density at radius 3 is 2.69 bits per heavy atom. The summed E-state index contributed by atoms with van der Waals surface area (Å²) in [6.45, 7) is 0. The lowest BCUT2D eigenvalue weighted by Gasteiger charge is -2.00. The van der Waals surface area contributed by atoms with Crippen molar-refractivity contribution >= 4 is 23.2 Å². The van der Waals surface area contributed by atoms with Gasteiger partial charge >= 0.3 is 0 Å². The molecule has 1 N–H and O–H groups in total. The van der Waals surface area contributed by atoms with Crippen LogP contribution in [0, 0.1) is 6.20 Å². The molecule has 1 heterocycles.